The lowest BCUT2D eigenvalue weighted by molar-refractivity contribution is 0.101. The Labute approximate surface area is 167 Å². The Hall–Kier alpha value is -3.94. The molecule has 146 valence electrons. The van der Waals surface area contributed by atoms with Crippen molar-refractivity contribution in [3.8, 4) is 17.0 Å². The van der Waals surface area contributed by atoms with Crippen molar-refractivity contribution in [3.05, 3.63) is 54.5 Å². The minimum atomic E-state index is -0.123. The molecule has 0 unspecified atom stereocenters. The van der Waals surface area contributed by atoms with Gasteiger partial charge in [0.15, 0.2) is 5.78 Å². The van der Waals surface area contributed by atoms with E-state index in [9.17, 15) is 4.79 Å². The van der Waals surface area contributed by atoms with Gasteiger partial charge in [0, 0.05) is 35.3 Å². The van der Waals surface area contributed by atoms with Gasteiger partial charge in [0.05, 0.1) is 30.2 Å². The zero-order chi connectivity index (χ0) is 20.5. The van der Waals surface area contributed by atoms with Crippen molar-refractivity contribution in [1.82, 2.24) is 19.7 Å². The molecule has 0 saturated carbocycles. The normalized spacial score (nSPS) is 10.9. The Bertz CT molecular complexity index is 1230. The summed E-state index contributed by atoms with van der Waals surface area (Å²) in [6.07, 6.45) is 3.31. The summed E-state index contributed by atoms with van der Waals surface area (Å²) >= 11 is 0. The third-order valence-corrected chi connectivity index (χ3v) is 4.72. The molecule has 0 atom stereocenters. The van der Waals surface area contributed by atoms with Gasteiger partial charge in [0.2, 0.25) is 0 Å². The van der Waals surface area contributed by atoms with E-state index in [1.807, 2.05) is 42.2 Å². The lowest BCUT2D eigenvalue weighted by Gasteiger charge is -2.14. The highest BCUT2D eigenvalue weighted by Crippen LogP contribution is 2.33. The number of carbonyl (C=O) groups excluding carboxylic acids is 1. The number of ether oxygens (including phenoxy) is 1. The summed E-state index contributed by atoms with van der Waals surface area (Å²) in [4.78, 5) is 20.4. The number of hydrogen-bond acceptors (Lipinski definition) is 7. The molecule has 2 aromatic heterocycles. The first-order valence-corrected chi connectivity index (χ1v) is 8.96. The van der Waals surface area contributed by atoms with Crippen molar-refractivity contribution in [2.24, 2.45) is 7.05 Å². The van der Waals surface area contributed by atoms with Gasteiger partial charge in [-0.05, 0) is 31.2 Å². The Morgan fingerprint density at radius 2 is 2.00 bits per heavy atom. The van der Waals surface area contributed by atoms with Crippen molar-refractivity contribution in [2.75, 3.05) is 18.2 Å². The standard InChI is InChI=1S/C21H20N6O2/c1-12(28)15-7-20(29-3)18(8-16(15)22)26-21-9-17(23-11-24-21)13-4-5-19-14(6-13)10-25-27(19)2/h4-11H,22H2,1-3H3,(H,23,24,26). The van der Waals surface area contributed by atoms with Gasteiger partial charge in [-0.3, -0.25) is 9.48 Å². The number of benzene rings is 2. The van der Waals surface area contributed by atoms with E-state index in [2.05, 4.69) is 20.4 Å². The zero-order valence-electron chi connectivity index (χ0n) is 16.3. The molecule has 0 saturated heterocycles. The van der Waals surface area contributed by atoms with E-state index >= 15 is 0 Å². The van der Waals surface area contributed by atoms with Crippen LogP contribution in [0.2, 0.25) is 0 Å². The highest BCUT2D eigenvalue weighted by Gasteiger charge is 2.13. The second kappa shape index (κ2) is 7.23. The van der Waals surface area contributed by atoms with E-state index in [4.69, 9.17) is 10.5 Å². The summed E-state index contributed by atoms with van der Waals surface area (Å²) < 4.78 is 7.23. The van der Waals surface area contributed by atoms with Crippen molar-refractivity contribution >= 4 is 33.9 Å². The summed E-state index contributed by atoms with van der Waals surface area (Å²) in [7, 11) is 3.44. The molecule has 0 radical (unpaired) electrons. The average Bonchev–Trinajstić information content (AvgIpc) is 3.08. The molecule has 2 aromatic carbocycles. The van der Waals surface area contributed by atoms with Crippen LogP contribution in [-0.4, -0.2) is 32.6 Å². The Morgan fingerprint density at radius 1 is 1.17 bits per heavy atom. The fraction of sp³-hybridized carbons (Fsp3) is 0.143. The third kappa shape index (κ3) is 3.47. The minimum Gasteiger partial charge on any atom is -0.495 e. The summed E-state index contributed by atoms with van der Waals surface area (Å²) in [6.45, 7) is 1.47. The van der Waals surface area contributed by atoms with Gasteiger partial charge in [0.1, 0.15) is 17.9 Å². The summed E-state index contributed by atoms with van der Waals surface area (Å²) in [6, 6.07) is 11.2. The van der Waals surface area contributed by atoms with Crippen LogP contribution in [0.25, 0.3) is 22.2 Å². The van der Waals surface area contributed by atoms with E-state index in [0.29, 0.717) is 28.5 Å². The number of aryl methyl sites for hydroxylation is 1. The number of hydrogen-bond donors (Lipinski definition) is 2. The van der Waals surface area contributed by atoms with Crippen LogP contribution in [0.5, 0.6) is 5.75 Å². The quantitative estimate of drug-likeness (QED) is 0.397. The maximum atomic E-state index is 11.7. The van der Waals surface area contributed by atoms with Crippen LogP contribution in [-0.2, 0) is 7.05 Å². The number of nitrogens with zero attached hydrogens (tertiary/aromatic N) is 4. The van der Waals surface area contributed by atoms with Crippen LogP contribution in [0.4, 0.5) is 17.2 Å². The van der Waals surface area contributed by atoms with Crippen molar-refractivity contribution in [3.63, 3.8) is 0 Å². The number of fused-ring (bicyclic) bond motifs is 1. The predicted octanol–water partition coefficient (Wildman–Crippen LogP) is 3.57. The van der Waals surface area contributed by atoms with Gasteiger partial charge in [-0.2, -0.15) is 5.10 Å². The molecule has 29 heavy (non-hydrogen) atoms. The molecule has 4 aromatic rings. The number of nitrogen functional groups attached to an aromatic ring is 1. The van der Waals surface area contributed by atoms with Gasteiger partial charge in [-0.1, -0.05) is 6.07 Å². The van der Waals surface area contributed by atoms with Gasteiger partial charge < -0.3 is 15.8 Å². The molecule has 0 aliphatic heterocycles. The topological polar surface area (TPSA) is 108 Å². The second-order valence-electron chi connectivity index (χ2n) is 6.65. The molecule has 0 bridgehead atoms. The molecule has 0 spiro atoms. The molecule has 4 rings (SSSR count). The Morgan fingerprint density at radius 3 is 2.76 bits per heavy atom. The lowest BCUT2D eigenvalue weighted by atomic mass is 10.1. The number of aromatic nitrogens is 4. The van der Waals surface area contributed by atoms with Crippen LogP contribution in [0.15, 0.2) is 48.9 Å². The largest absolute Gasteiger partial charge is 0.495 e. The number of anilines is 3. The number of ketones is 1. The fourth-order valence-corrected chi connectivity index (χ4v) is 3.21. The van der Waals surface area contributed by atoms with E-state index < -0.39 is 0 Å². The van der Waals surface area contributed by atoms with E-state index in [1.165, 1.54) is 20.4 Å². The van der Waals surface area contributed by atoms with Crippen molar-refractivity contribution < 1.29 is 9.53 Å². The van der Waals surface area contributed by atoms with E-state index in [1.54, 1.807) is 12.1 Å². The molecule has 0 aliphatic carbocycles. The van der Waals surface area contributed by atoms with Crippen molar-refractivity contribution in [2.45, 2.75) is 6.92 Å². The van der Waals surface area contributed by atoms with Crippen LogP contribution >= 0.6 is 0 Å². The first kappa shape index (κ1) is 18.4. The van der Waals surface area contributed by atoms with Crippen LogP contribution in [0, 0.1) is 0 Å². The number of carbonyl (C=O) groups is 1. The Balaban J connectivity index is 1.69. The summed E-state index contributed by atoms with van der Waals surface area (Å²) in [5, 5.41) is 8.51. The molecule has 2 heterocycles. The smallest absolute Gasteiger partial charge is 0.162 e. The molecule has 8 heteroatoms. The van der Waals surface area contributed by atoms with Crippen LogP contribution in [0.1, 0.15) is 17.3 Å². The third-order valence-electron chi connectivity index (χ3n) is 4.72. The number of Topliss-reactive ketones (excluding diaryl/α,β-unsaturated/α-hetero) is 1. The molecule has 0 amide bonds. The maximum absolute atomic E-state index is 11.7. The van der Waals surface area contributed by atoms with Crippen LogP contribution < -0.4 is 15.8 Å². The molecule has 8 nitrogen and oxygen atoms in total. The molecular formula is C21H20N6O2. The van der Waals surface area contributed by atoms with Crippen LogP contribution in [0.3, 0.4) is 0 Å². The van der Waals surface area contributed by atoms with Gasteiger partial charge in [-0.25, -0.2) is 9.97 Å². The molecule has 0 fully saturated rings. The minimum absolute atomic E-state index is 0.123. The van der Waals surface area contributed by atoms with E-state index in [0.717, 1.165) is 22.2 Å². The maximum Gasteiger partial charge on any atom is 0.162 e. The monoisotopic (exact) mass is 388 g/mol. The van der Waals surface area contributed by atoms with Crippen molar-refractivity contribution in [1.29, 1.82) is 0 Å². The van der Waals surface area contributed by atoms with Gasteiger partial charge >= 0.3 is 0 Å². The highest BCUT2D eigenvalue weighted by molar-refractivity contribution is 6.00. The number of nitrogens with one attached hydrogen (secondary N) is 1. The number of rotatable bonds is 5. The SMILES string of the molecule is COc1cc(C(C)=O)c(N)cc1Nc1cc(-c2ccc3c(cnn3C)c2)ncn1. The number of nitrogens with two attached hydrogens (primary N) is 1. The van der Waals surface area contributed by atoms with Gasteiger partial charge in [-0.15, -0.1) is 0 Å². The summed E-state index contributed by atoms with van der Waals surface area (Å²) in [5.74, 6) is 0.957. The first-order valence-electron chi connectivity index (χ1n) is 8.96. The molecular weight excluding hydrogens is 368 g/mol. The van der Waals surface area contributed by atoms with Gasteiger partial charge in [0.25, 0.3) is 0 Å². The average molecular weight is 388 g/mol. The summed E-state index contributed by atoms with van der Waals surface area (Å²) in [5.41, 5.74) is 10.2. The first-order chi connectivity index (χ1) is 14.0. The highest BCUT2D eigenvalue weighted by atomic mass is 16.5. The molecule has 0 aliphatic rings. The second-order valence-corrected chi connectivity index (χ2v) is 6.65. The fourth-order valence-electron chi connectivity index (χ4n) is 3.21. The Kier molecular flexibility index (Phi) is 4.59. The predicted molar refractivity (Wildman–Crippen MR) is 112 cm³/mol. The van der Waals surface area contributed by atoms with E-state index in [-0.39, 0.29) is 5.78 Å². The zero-order valence-corrected chi connectivity index (χ0v) is 16.3. The number of methoxy groups -OCH3 is 1. The molecule has 3 N–H and O–H groups in total. The lowest BCUT2D eigenvalue weighted by Crippen LogP contribution is -2.04.